The zero-order chi connectivity index (χ0) is 26.6. The van der Waals surface area contributed by atoms with Gasteiger partial charge in [0.05, 0.1) is 29.3 Å². The standard InChI is InChI=1S/C29H27F3N4O/c1-20-5-8-23(28(37)18-25-17-24(11-12-33-25)29(30,31)32)16-22(20)9-6-21-7-10-27-26(15-21)34-19-36(27)14-4-13-35(2)3/h5,7-8,10-12,15-17,19H,4,13-14,18H2,1-3H3. The van der Waals surface area contributed by atoms with Crippen molar-refractivity contribution >= 4 is 16.8 Å². The van der Waals surface area contributed by atoms with Gasteiger partial charge in [0.15, 0.2) is 5.78 Å². The summed E-state index contributed by atoms with van der Waals surface area (Å²) in [6.45, 7) is 3.78. The molecule has 4 aromatic rings. The maximum atomic E-state index is 13.0. The van der Waals surface area contributed by atoms with Gasteiger partial charge in [0.2, 0.25) is 0 Å². The highest BCUT2D eigenvalue weighted by atomic mass is 19.4. The number of nitrogens with zero attached hydrogens (tertiary/aromatic N) is 4. The van der Waals surface area contributed by atoms with E-state index in [4.69, 9.17) is 0 Å². The van der Waals surface area contributed by atoms with E-state index < -0.39 is 11.7 Å². The third-order valence-corrected chi connectivity index (χ3v) is 6.01. The highest BCUT2D eigenvalue weighted by Crippen LogP contribution is 2.29. The molecule has 0 spiro atoms. The lowest BCUT2D eigenvalue weighted by Crippen LogP contribution is -2.14. The first-order chi connectivity index (χ1) is 17.6. The number of hydrogen-bond acceptors (Lipinski definition) is 4. The maximum Gasteiger partial charge on any atom is 0.416 e. The van der Waals surface area contributed by atoms with Crippen molar-refractivity contribution in [1.29, 1.82) is 0 Å². The van der Waals surface area contributed by atoms with E-state index in [-0.39, 0.29) is 17.9 Å². The largest absolute Gasteiger partial charge is 0.416 e. The lowest BCUT2D eigenvalue weighted by molar-refractivity contribution is -0.137. The van der Waals surface area contributed by atoms with Gasteiger partial charge in [0.25, 0.3) is 0 Å². The van der Waals surface area contributed by atoms with E-state index in [0.717, 1.165) is 60.0 Å². The van der Waals surface area contributed by atoms with Crippen LogP contribution in [-0.4, -0.2) is 45.9 Å². The lowest BCUT2D eigenvalue weighted by atomic mass is 9.99. The summed E-state index contributed by atoms with van der Waals surface area (Å²) in [7, 11) is 4.11. The summed E-state index contributed by atoms with van der Waals surface area (Å²) in [5.74, 6) is 5.95. The van der Waals surface area contributed by atoms with E-state index in [1.807, 2.05) is 31.5 Å². The molecule has 4 rings (SSSR count). The number of carbonyl (C=O) groups is 1. The molecule has 8 heteroatoms. The van der Waals surface area contributed by atoms with Gasteiger partial charge in [-0.3, -0.25) is 9.78 Å². The Morgan fingerprint density at radius 2 is 1.84 bits per heavy atom. The second kappa shape index (κ2) is 11.0. The minimum absolute atomic E-state index is 0.0717. The Labute approximate surface area is 214 Å². The molecule has 37 heavy (non-hydrogen) atoms. The van der Waals surface area contributed by atoms with E-state index in [9.17, 15) is 18.0 Å². The summed E-state index contributed by atoms with van der Waals surface area (Å²) in [5.41, 5.74) is 3.92. The van der Waals surface area contributed by atoms with E-state index >= 15 is 0 Å². The zero-order valence-corrected chi connectivity index (χ0v) is 20.9. The minimum atomic E-state index is -4.49. The van der Waals surface area contributed by atoms with Gasteiger partial charge in [-0.1, -0.05) is 24.0 Å². The number of alkyl halides is 3. The van der Waals surface area contributed by atoms with Gasteiger partial charge < -0.3 is 9.47 Å². The van der Waals surface area contributed by atoms with Crippen LogP contribution in [0, 0.1) is 18.8 Å². The van der Waals surface area contributed by atoms with Gasteiger partial charge in [0.1, 0.15) is 0 Å². The molecule has 5 nitrogen and oxygen atoms in total. The molecular weight excluding hydrogens is 477 g/mol. The van der Waals surface area contributed by atoms with Crippen molar-refractivity contribution in [2.24, 2.45) is 0 Å². The van der Waals surface area contributed by atoms with Gasteiger partial charge in [-0.25, -0.2) is 4.98 Å². The fourth-order valence-electron chi connectivity index (χ4n) is 3.96. The number of pyridine rings is 1. The first-order valence-electron chi connectivity index (χ1n) is 11.9. The predicted molar refractivity (Wildman–Crippen MR) is 137 cm³/mol. The van der Waals surface area contributed by atoms with Crippen LogP contribution in [-0.2, 0) is 19.1 Å². The quantitative estimate of drug-likeness (QED) is 0.245. The van der Waals surface area contributed by atoms with Crippen LogP contribution in [0.4, 0.5) is 13.2 Å². The lowest BCUT2D eigenvalue weighted by Gasteiger charge is -2.09. The number of ketones is 1. The first-order valence-corrected chi connectivity index (χ1v) is 11.9. The van der Waals surface area contributed by atoms with Crippen LogP contribution in [0.5, 0.6) is 0 Å². The fraction of sp³-hybridized carbons (Fsp3) is 0.276. The molecule has 2 heterocycles. The number of fused-ring (bicyclic) bond motifs is 1. The van der Waals surface area contributed by atoms with Gasteiger partial charge in [-0.2, -0.15) is 13.2 Å². The fourth-order valence-corrected chi connectivity index (χ4v) is 3.96. The molecule has 0 radical (unpaired) electrons. The van der Waals surface area contributed by atoms with Crippen molar-refractivity contribution in [3.05, 3.63) is 94.6 Å². The molecule has 0 fully saturated rings. The Balaban J connectivity index is 1.51. The molecule has 0 aliphatic carbocycles. The number of aryl methyl sites for hydroxylation is 2. The summed E-state index contributed by atoms with van der Waals surface area (Å²) in [6, 6.07) is 12.8. The summed E-state index contributed by atoms with van der Waals surface area (Å²) >= 11 is 0. The predicted octanol–water partition coefficient (Wildman–Crippen LogP) is 5.54. The normalized spacial score (nSPS) is 11.5. The van der Waals surface area contributed by atoms with Crippen molar-refractivity contribution in [3.8, 4) is 11.8 Å². The van der Waals surface area contributed by atoms with Crippen LogP contribution in [0.25, 0.3) is 11.0 Å². The Kier molecular flexibility index (Phi) is 7.74. The van der Waals surface area contributed by atoms with Crippen LogP contribution < -0.4 is 0 Å². The van der Waals surface area contributed by atoms with Gasteiger partial charge in [-0.05, 0) is 75.9 Å². The van der Waals surface area contributed by atoms with Gasteiger partial charge in [0, 0.05) is 35.1 Å². The van der Waals surface area contributed by atoms with Crippen LogP contribution in [0.3, 0.4) is 0 Å². The zero-order valence-electron chi connectivity index (χ0n) is 20.9. The molecule has 0 saturated heterocycles. The Morgan fingerprint density at radius 1 is 1.03 bits per heavy atom. The van der Waals surface area contributed by atoms with E-state index in [1.54, 1.807) is 18.2 Å². The average Bonchev–Trinajstić information content (AvgIpc) is 3.25. The second-order valence-electron chi connectivity index (χ2n) is 9.21. The molecule has 190 valence electrons. The van der Waals surface area contributed by atoms with Crippen molar-refractivity contribution in [3.63, 3.8) is 0 Å². The Bertz CT molecular complexity index is 1490. The number of Topliss-reactive ketones (excluding diaryl/α,β-unsaturated/α-hetero) is 1. The second-order valence-corrected chi connectivity index (χ2v) is 9.21. The van der Waals surface area contributed by atoms with Gasteiger partial charge >= 0.3 is 6.18 Å². The number of hydrogen-bond donors (Lipinski definition) is 0. The van der Waals surface area contributed by atoms with E-state index in [2.05, 4.69) is 45.4 Å². The van der Waals surface area contributed by atoms with Crippen LogP contribution in [0.1, 0.15) is 44.7 Å². The topological polar surface area (TPSA) is 51.0 Å². The SMILES string of the molecule is Cc1ccc(C(=O)Cc2cc(C(F)(F)F)ccn2)cc1C#Cc1ccc2c(c1)ncn2CCCN(C)C. The number of carbonyl (C=O) groups excluding carboxylic acids is 1. The minimum Gasteiger partial charge on any atom is -0.331 e. The first kappa shape index (κ1) is 26.1. The molecule has 0 saturated carbocycles. The monoisotopic (exact) mass is 504 g/mol. The van der Waals surface area contributed by atoms with Crippen molar-refractivity contribution < 1.29 is 18.0 Å². The maximum absolute atomic E-state index is 13.0. The number of imidazole rings is 1. The molecule has 0 aliphatic heterocycles. The van der Waals surface area contributed by atoms with Crippen LogP contribution >= 0.6 is 0 Å². The summed E-state index contributed by atoms with van der Waals surface area (Å²) in [4.78, 5) is 23.4. The number of halogens is 3. The third-order valence-electron chi connectivity index (χ3n) is 6.01. The Hall–Kier alpha value is -3.96. The van der Waals surface area contributed by atoms with Crippen molar-refractivity contribution in [2.75, 3.05) is 20.6 Å². The molecule has 0 atom stereocenters. The van der Waals surface area contributed by atoms with Crippen molar-refractivity contribution in [2.45, 2.75) is 32.5 Å². The highest BCUT2D eigenvalue weighted by Gasteiger charge is 2.30. The number of aromatic nitrogens is 3. The van der Waals surface area contributed by atoms with Crippen LogP contribution in [0.15, 0.2) is 61.1 Å². The van der Waals surface area contributed by atoms with Crippen molar-refractivity contribution in [1.82, 2.24) is 19.4 Å². The van der Waals surface area contributed by atoms with Crippen LogP contribution in [0.2, 0.25) is 0 Å². The molecule has 0 aliphatic rings. The van der Waals surface area contributed by atoms with E-state index in [0.29, 0.717) is 11.1 Å². The number of rotatable bonds is 7. The molecule has 0 N–H and O–H groups in total. The molecule has 0 amide bonds. The Morgan fingerprint density at radius 3 is 2.59 bits per heavy atom. The van der Waals surface area contributed by atoms with E-state index in [1.165, 1.54) is 0 Å². The number of benzene rings is 2. The van der Waals surface area contributed by atoms with Gasteiger partial charge in [-0.15, -0.1) is 0 Å². The molecule has 0 bridgehead atoms. The summed E-state index contributed by atoms with van der Waals surface area (Å²) in [6.07, 6.45) is -0.774. The summed E-state index contributed by atoms with van der Waals surface area (Å²) < 4.78 is 41.1. The average molecular weight is 505 g/mol. The smallest absolute Gasteiger partial charge is 0.331 e. The molecule has 2 aromatic carbocycles. The third kappa shape index (κ3) is 6.63. The molecular formula is C29H27F3N4O. The molecule has 0 unspecified atom stereocenters. The molecule has 2 aromatic heterocycles. The summed E-state index contributed by atoms with van der Waals surface area (Å²) in [5, 5.41) is 0. The highest BCUT2D eigenvalue weighted by molar-refractivity contribution is 5.97.